The zero-order valence-electron chi connectivity index (χ0n) is 15.7. The van der Waals surface area contributed by atoms with E-state index in [1.165, 1.54) is 11.3 Å². The molecule has 3 aromatic rings. The largest absolute Gasteiger partial charge is 0.326 e. The maximum Gasteiger partial charge on any atom is 0.251 e. The predicted molar refractivity (Wildman–Crippen MR) is 115 cm³/mol. The fourth-order valence-electron chi connectivity index (χ4n) is 2.78. The molecule has 1 unspecified atom stereocenters. The van der Waals surface area contributed by atoms with Gasteiger partial charge in [0, 0.05) is 27.9 Å². The molecule has 2 N–H and O–H groups in total. The Morgan fingerprint density at radius 1 is 1.25 bits per heavy atom. The fourth-order valence-corrected chi connectivity index (χ4v) is 5.39. The highest BCUT2D eigenvalue weighted by atomic mass is 35.5. The van der Waals surface area contributed by atoms with E-state index in [9.17, 15) is 13.2 Å². The lowest BCUT2D eigenvalue weighted by Gasteiger charge is -2.12. The molecule has 0 fully saturated rings. The number of pyridine rings is 2. The molecule has 0 aliphatic carbocycles. The molecule has 0 aliphatic heterocycles. The summed E-state index contributed by atoms with van der Waals surface area (Å²) in [4.78, 5) is 19.7. The lowest BCUT2D eigenvalue weighted by molar-refractivity contribution is 0.566. The van der Waals surface area contributed by atoms with Gasteiger partial charge in [-0.1, -0.05) is 13.0 Å². The maximum atomic E-state index is 12.7. The first-order valence-corrected chi connectivity index (χ1v) is 10.9. The summed E-state index contributed by atoms with van der Waals surface area (Å²) in [6, 6.07) is 10.1. The molecule has 3 rings (SSSR count). The Kier molecular flexibility index (Phi) is 7.16. The van der Waals surface area contributed by atoms with E-state index in [2.05, 4.69) is 14.7 Å². The van der Waals surface area contributed by atoms with Gasteiger partial charge in [0.2, 0.25) is 0 Å². The van der Waals surface area contributed by atoms with Gasteiger partial charge >= 0.3 is 0 Å². The summed E-state index contributed by atoms with van der Waals surface area (Å²) in [7, 11) is -3.67. The van der Waals surface area contributed by atoms with E-state index in [1.54, 1.807) is 37.4 Å². The van der Waals surface area contributed by atoms with Gasteiger partial charge in [-0.25, -0.2) is 13.1 Å². The van der Waals surface area contributed by atoms with Crippen LogP contribution in [0.15, 0.2) is 51.6 Å². The summed E-state index contributed by atoms with van der Waals surface area (Å²) in [6.07, 6.45) is 2.25. The SMILES string of the molecule is CCc1cc(-c2ccc(S(=O)(=O)NC(C)c3ccccn3)s2)c(C)[nH]c1=O.Cl. The number of thiophene rings is 1. The Balaban J connectivity index is 0.00000280. The van der Waals surface area contributed by atoms with Gasteiger partial charge in [0.15, 0.2) is 0 Å². The van der Waals surface area contributed by atoms with Crippen LogP contribution in [-0.2, 0) is 16.4 Å². The molecule has 0 saturated heterocycles. The fraction of sp³-hybridized carbons (Fsp3) is 0.263. The highest BCUT2D eigenvalue weighted by Crippen LogP contribution is 2.32. The van der Waals surface area contributed by atoms with Crippen molar-refractivity contribution in [3.8, 4) is 10.4 Å². The van der Waals surface area contributed by atoms with Crippen LogP contribution in [0.5, 0.6) is 0 Å². The van der Waals surface area contributed by atoms with Gasteiger partial charge in [0.05, 0.1) is 11.7 Å². The number of aryl methyl sites for hydroxylation is 2. The molecular formula is C19H22ClN3O3S2. The Morgan fingerprint density at radius 3 is 2.64 bits per heavy atom. The van der Waals surface area contributed by atoms with Gasteiger partial charge in [0.1, 0.15) is 4.21 Å². The third kappa shape index (κ3) is 4.70. The van der Waals surface area contributed by atoms with Crippen molar-refractivity contribution in [2.75, 3.05) is 0 Å². The molecule has 0 spiro atoms. The molecule has 0 bridgehead atoms. The van der Waals surface area contributed by atoms with Crippen molar-refractivity contribution in [3.05, 3.63) is 69.9 Å². The number of nitrogens with zero attached hydrogens (tertiary/aromatic N) is 1. The minimum Gasteiger partial charge on any atom is -0.326 e. The van der Waals surface area contributed by atoms with E-state index in [0.29, 0.717) is 17.7 Å². The number of sulfonamides is 1. The standard InChI is InChI=1S/C19H21N3O3S2.ClH/c1-4-14-11-15(12(2)21-19(14)23)17-8-9-18(26-17)27(24,25)22-13(3)16-7-5-6-10-20-16;/h5-11,13,22H,4H2,1-3H3,(H,21,23);1H. The number of rotatable bonds is 6. The van der Waals surface area contributed by atoms with E-state index in [-0.39, 0.29) is 22.2 Å². The average Bonchev–Trinajstić information content (AvgIpc) is 3.13. The molecule has 0 saturated carbocycles. The minimum atomic E-state index is -3.67. The zero-order valence-corrected chi connectivity index (χ0v) is 18.2. The average molecular weight is 440 g/mol. The van der Waals surface area contributed by atoms with Crippen molar-refractivity contribution in [1.29, 1.82) is 0 Å². The number of hydrogen-bond donors (Lipinski definition) is 2. The highest BCUT2D eigenvalue weighted by molar-refractivity contribution is 7.91. The van der Waals surface area contributed by atoms with Crippen LogP contribution < -0.4 is 10.3 Å². The Labute approximate surface area is 174 Å². The second-order valence-electron chi connectivity index (χ2n) is 6.23. The molecule has 150 valence electrons. The minimum absolute atomic E-state index is 0. The monoisotopic (exact) mass is 439 g/mol. The van der Waals surface area contributed by atoms with Crippen LogP contribution in [0.1, 0.15) is 36.8 Å². The quantitative estimate of drug-likeness (QED) is 0.610. The molecule has 3 heterocycles. The molecule has 6 nitrogen and oxygen atoms in total. The molecule has 9 heteroatoms. The molecule has 0 radical (unpaired) electrons. The van der Waals surface area contributed by atoms with Crippen LogP contribution in [0.3, 0.4) is 0 Å². The van der Waals surface area contributed by atoms with Crippen LogP contribution in [0.4, 0.5) is 0 Å². The van der Waals surface area contributed by atoms with Crippen LogP contribution in [0, 0.1) is 6.92 Å². The normalized spacial score (nSPS) is 12.4. The van der Waals surface area contributed by atoms with Gasteiger partial charge in [0.25, 0.3) is 15.6 Å². The van der Waals surface area contributed by atoms with Crippen LogP contribution in [0.25, 0.3) is 10.4 Å². The number of halogens is 1. The summed E-state index contributed by atoms with van der Waals surface area (Å²) in [5.41, 5.74) is 2.79. The third-order valence-corrected chi connectivity index (χ3v) is 7.42. The highest BCUT2D eigenvalue weighted by Gasteiger charge is 2.22. The molecule has 1 atom stereocenters. The van der Waals surface area contributed by atoms with Crippen molar-refractivity contribution in [2.24, 2.45) is 0 Å². The van der Waals surface area contributed by atoms with Gasteiger partial charge in [-0.2, -0.15) is 0 Å². The van der Waals surface area contributed by atoms with Crippen molar-refractivity contribution in [1.82, 2.24) is 14.7 Å². The van der Waals surface area contributed by atoms with Crippen molar-refractivity contribution in [2.45, 2.75) is 37.4 Å². The molecule has 28 heavy (non-hydrogen) atoms. The smallest absolute Gasteiger partial charge is 0.251 e. The first kappa shape index (κ1) is 22.3. The Hall–Kier alpha value is -2.00. The van der Waals surface area contributed by atoms with Gasteiger partial charge in [-0.05, 0) is 50.6 Å². The van der Waals surface area contributed by atoms with Gasteiger partial charge < -0.3 is 4.98 Å². The molecular weight excluding hydrogens is 418 g/mol. The number of aromatic nitrogens is 2. The van der Waals surface area contributed by atoms with Crippen molar-refractivity contribution >= 4 is 33.8 Å². The molecule has 0 aliphatic rings. The second-order valence-corrected chi connectivity index (χ2v) is 9.26. The lowest BCUT2D eigenvalue weighted by atomic mass is 10.1. The van der Waals surface area contributed by atoms with E-state index in [1.807, 2.05) is 26.0 Å². The molecule has 3 aromatic heterocycles. The van der Waals surface area contributed by atoms with E-state index < -0.39 is 16.1 Å². The summed E-state index contributed by atoms with van der Waals surface area (Å²) in [5, 5.41) is 0. The van der Waals surface area contributed by atoms with Crippen LogP contribution in [0.2, 0.25) is 0 Å². The van der Waals surface area contributed by atoms with E-state index in [4.69, 9.17) is 0 Å². The summed E-state index contributed by atoms with van der Waals surface area (Å²) >= 11 is 1.18. The lowest BCUT2D eigenvalue weighted by Crippen LogP contribution is -2.26. The number of aromatic amines is 1. The Morgan fingerprint density at radius 2 is 2.00 bits per heavy atom. The van der Waals surface area contributed by atoms with E-state index in [0.717, 1.165) is 16.1 Å². The van der Waals surface area contributed by atoms with Gasteiger partial charge in [-0.3, -0.25) is 9.78 Å². The topological polar surface area (TPSA) is 91.9 Å². The Bertz CT molecular complexity index is 1110. The second kappa shape index (κ2) is 9.00. The third-order valence-electron chi connectivity index (χ3n) is 4.27. The summed E-state index contributed by atoms with van der Waals surface area (Å²) in [5.74, 6) is 0. The molecule has 0 amide bonds. The van der Waals surface area contributed by atoms with Crippen molar-refractivity contribution < 1.29 is 8.42 Å². The summed E-state index contributed by atoms with van der Waals surface area (Å²) < 4.78 is 28.4. The zero-order chi connectivity index (χ0) is 19.6. The van der Waals surface area contributed by atoms with E-state index >= 15 is 0 Å². The van der Waals surface area contributed by atoms with Gasteiger partial charge in [-0.15, -0.1) is 23.7 Å². The van der Waals surface area contributed by atoms with Crippen molar-refractivity contribution in [3.63, 3.8) is 0 Å². The predicted octanol–water partition coefficient (Wildman–Crippen LogP) is 3.83. The summed E-state index contributed by atoms with van der Waals surface area (Å²) in [6.45, 7) is 5.48. The van der Waals surface area contributed by atoms with Crippen LogP contribution >= 0.6 is 23.7 Å². The first-order valence-electron chi connectivity index (χ1n) is 8.58. The van der Waals surface area contributed by atoms with Crippen LogP contribution in [-0.4, -0.2) is 18.4 Å². The molecule has 0 aromatic carbocycles. The number of nitrogens with one attached hydrogen (secondary N) is 2. The maximum absolute atomic E-state index is 12.7. The number of H-pyrrole nitrogens is 1. The number of hydrogen-bond acceptors (Lipinski definition) is 5. The first-order chi connectivity index (χ1) is 12.8.